The maximum Gasteiger partial charge on any atom is 0.169 e. The molecule has 0 spiro atoms. The predicted octanol–water partition coefficient (Wildman–Crippen LogP) is 1.67. The number of allylic oxidation sites excluding steroid dienone is 1. The van der Waals surface area contributed by atoms with E-state index in [-0.39, 0.29) is 11.6 Å². The number of nitrogens with zero attached hydrogens (tertiary/aromatic N) is 2. The second kappa shape index (κ2) is 9.56. The van der Waals surface area contributed by atoms with Crippen LogP contribution >= 0.6 is 0 Å². The van der Waals surface area contributed by atoms with Crippen LogP contribution in [0.15, 0.2) is 35.7 Å². The monoisotopic (exact) mass is 339 g/mol. The van der Waals surface area contributed by atoms with Crippen molar-refractivity contribution in [2.24, 2.45) is 5.92 Å². The van der Waals surface area contributed by atoms with E-state index in [1.807, 2.05) is 24.3 Å². The van der Waals surface area contributed by atoms with E-state index in [0.717, 1.165) is 38.1 Å². The topological polar surface area (TPSA) is 92.9 Å². The molecule has 1 aromatic rings. The molecule has 0 amide bonds. The standard InChI is InChI=1S/C19H25N5O/c1-22-19(16(11-20)12-21)24-18(15-4-3-9-23-13-15)10-14-5-7-17(25-2)8-6-14/h5-8,15,18,22-24H,3-4,9-10,13H2,1-2H3. The van der Waals surface area contributed by atoms with Gasteiger partial charge in [0.15, 0.2) is 5.57 Å². The summed E-state index contributed by atoms with van der Waals surface area (Å²) < 4.78 is 5.22. The van der Waals surface area contributed by atoms with E-state index in [9.17, 15) is 0 Å². The van der Waals surface area contributed by atoms with Gasteiger partial charge in [0.2, 0.25) is 0 Å². The summed E-state index contributed by atoms with van der Waals surface area (Å²) in [6.45, 7) is 1.97. The molecular weight excluding hydrogens is 314 g/mol. The minimum absolute atomic E-state index is 0.0750. The summed E-state index contributed by atoms with van der Waals surface area (Å²) >= 11 is 0. The van der Waals surface area contributed by atoms with Gasteiger partial charge in [0.25, 0.3) is 0 Å². The van der Waals surface area contributed by atoms with E-state index < -0.39 is 0 Å². The van der Waals surface area contributed by atoms with Crippen LogP contribution in [0.2, 0.25) is 0 Å². The van der Waals surface area contributed by atoms with Crippen LogP contribution in [0.25, 0.3) is 0 Å². The third-order valence-corrected chi connectivity index (χ3v) is 4.57. The number of hydrogen-bond acceptors (Lipinski definition) is 6. The lowest BCUT2D eigenvalue weighted by Gasteiger charge is -2.33. The van der Waals surface area contributed by atoms with Crippen molar-refractivity contribution in [3.05, 3.63) is 41.2 Å². The smallest absolute Gasteiger partial charge is 0.169 e. The fourth-order valence-corrected chi connectivity index (χ4v) is 3.16. The first-order valence-electron chi connectivity index (χ1n) is 8.54. The minimum Gasteiger partial charge on any atom is -0.497 e. The maximum atomic E-state index is 9.16. The van der Waals surface area contributed by atoms with E-state index in [1.54, 1.807) is 14.2 Å². The molecule has 0 radical (unpaired) electrons. The van der Waals surface area contributed by atoms with E-state index >= 15 is 0 Å². The molecule has 0 bridgehead atoms. The Labute approximate surface area is 149 Å². The van der Waals surface area contributed by atoms with E-state index in [1.165, 1.54) is 5.56 Å². The SMILES string of the molecule is CNC(NC(Cc1ccc(OC)cc1)C1CCCNC1)=C(C#N)C#N. The predicted molar refractivity (Wildman–Crippen MR) is 96.5 cm³/mol. The Morgan fingerprint density at radius 1 is 1.32 bits per heavy atom. The Hall–Kier alpha value is -2.70. The molecule has 1 heterocycles. The second-order valence-electron chi connectivity index (χ2n) is 6.13. The maximum absolute atomic E-state index is 9.16. The highest BCUT2D eigenvalue weighted by molar-refractivity contribution is 5.39. The molecule has 0 aliphatic carbocycles. The lowest BCUT2D eigenvalue weighted by molar-refractivity contribution is 0.291. The normalized spacial score (nSPS) is 17.5. The molecule has 1 aliphatic heterocycles. The fraction of sp³-hybridized carbons (Fsp3) is 0.474. The number of nitrogens with one attached hydrogen (secondary N) is 3. The van der Waals surface area contributed by atoms with Gasteiger partial charge in [-0.15, -0.1) is 0 Å². The van der Waals surface area contributed by atoms with Gasteiger partial charge in [0.1, 0.15) is 23.7 Å². The van der Waals surface area contributed by atoms with Crippen LogP contribution in [0.4, 0.5) is 0 Å². The van der Waals surface area contributed by atoms with Crippen LogP contribution in [0.3, 0.4) is 0 Å². The molecule has 2 atom stereocenters. The summed E-state index contributed by atoms with van der Waals surface area (Å²) in [7, 11) is 3.38. The molecule has 1 saturated heterocycles. The molecule has 25 heavy (non-hydrogen) atoms. The van der Waals surface area contributed by atoms with Gasteiger partial charge in [-0.3, -0.25) is 0 Å². The molecule has 6 nitrogen and oxygen atoms in total. The van der Waals surface area contributed by atoms with Gasteiger partial charge in [-0.25, -0.2) is 0 Å². The van der Waals surface area contributed by atoms with E-state index in [4.69, 9.17) is 15.3 Å². The highest BCUT2D eigenvalue weighted by Gasteiger charge is 2.25. The van der Waals surface area contributed by atoms with Crippen molar-refractivity contribution in [1.29, 1.82) is 10.5 Å². The van der Waals surface area contributed by atoms with E-state index in [2.05, 4.69) is 28.1 Å². The molecule has 0 saturated carbocycles. The summed E-state index contributed by atoms with van der Waals surface area (Å²) in [6.07, 6.45) is 3.06. The Bertz CT molecular complexity index is 647. The summed E-state index contributed by atoms with van der Waals surface area (Å²) in [5.74, 6) is 1.76. The highest BCUT2D eigenvalue weighted by Crippen LogP contribution is 2.21. The molecule has 1 aromatic carbocycles. The number of nitriles is 2. The molecule has 132 valence electrons. The molecule has 2 unspecified atom stereocenters. The van der Waals surface area contributed by atoms with Crippen molar-refractivity contribution in [2.75, 3.05) is 27.2 Å². The van der Waals surface area contributed by atoms with Crippen LogP contribution in [0, 0.1) is 28.6 Å². The van der Waals surface area contributed by atoms with Gasteiger partial charge in [0, 0.05) is 13.1 Å². The van der Waals surface area contributed by atoms with Crippen molar-refractivity contribution in [2.45, 2.75) is 25.3 Å². The number of rotatable bonds is 7. The van der Waals surface area contributed by atoms with Crippen LogP contribution in [0.1, 0.15) is 18.4 Å². The Balaban J connectivity index is 2.21. The first-order valence-corrected chi connectivity index (χ1v) is 8.54. The molecular formula is C19H25N5O. The summed E-state index contributed by atoms with van der Waals surface area (Å²) in [4.78, 5) is 0. The quantitative estimate of drug-likeness (QED) is 0.655. The number of benzene rings is 1. The fourth-order valence-electron chi connectivity index (χ4n) is 3.16. The molecule has 0 aromatic heterocycles. The number of hydrogen-bond donors (Lipinski definition) is 3. The van der Waals surface area contributed by atoms with Gasteiger partial charge in [-0.2, -0.15) is 10.5 Å². The molecule has 2 rings (SSSR count). The molecule has 1 aliphatic rings. The van der Waals surface area contributed by atoms with E-state index in [0.29, 0.717) is 11.7 Å². The van der Waals surface area contributed by atoms with Gasteiger partial charge in [-0.05, 0) is 56.0 Å². The van der Waals surface area contributed by atoms with Crippen molar-refractivity contribution in [1.82, 2.24) is 16.0 Å². The Morgan fingerprint density at radius 2 is 2.04 bits per heavy atom. The third-order valence-electron chi connectivity index (χ3n) is 4.57. The Morgan fingerprint density at radius 3 is 2.56 bits per heavy atom. The molecule has 6 heteroatoms. The minimum atomic E-state index is 0.0750. The summed E-state index contributed by atoms with van der Waals surface area (Å²) in [5.41, 5.74) is 1.26. The average molecular weight is 339 g/mol. The zero-order valence-corrected chi connectivity index (χ0v) is 14.8. The summed E-state index contributed by atoms with van der Waals surface area (Å²) in [5, 5.41) is 28.1. The van der Waals surface area contributed by atoms with Gasteiger partial charge >= 0.3 is 0 Å². The first kappa shape index (κ1) is 18.6. The molecule has 1 fully saturated rings. The zero-order chi connectivity index (χ0) is 18.1. The Kier molecular flexibility index (Phi) is 7.13. The lowest BCUT2D eigenvalue weighted by atomic mass is 9.87. The largest absolute Gasteiger partial charge is 0.497 e. The second-order valence-corrected chi connectivity index (χ2v) is 6.13. The number of methoxy groups -OCH3 is 1. The van der Waals surface area contributed by atoms with Crippen LogP contribution < -0.4 is 20.7 Å². The zero-order valence-electron chi connectivity index (χ0n) is 14.8. The van der Waals surface area contributed by atoms with Crippen molar-refractivity contribution < 1.29 is 4.74 Å². The number of ether oxygens (including phenoxy) is 1. The van der Waals surface area contributed by atoms with Crippen molar-refractivity contribution in [3.8, 4) is 17.9 Å². The third kappa shape index (κ3) is 5.14. The summed E-state index contributed by atoms with van der Waals surface area (Å²) in [6, 6.07) is 12.1. The van der Waals surface area contributed by atoms with Gasteiger partial charge in [0.05, 0.1) is 7.11 Å². The number of piperidine rings is 1. The van der Waals surface area contributed by atoms with Gasteiger partial charge in [-0.1, -0.05) is 12.1 Å². The van der Waals surface area contributed by atoms with Crippen LogP contribution in [-0.2, 0) is 6.42 Å². The molecule has 3 N–H and O–H groups in total. The van der Waals surface area contributed by atoms with Crippen molar-refractivity contribution in [3.63, 3.8) is 0 Å². The van der Waals surface area contributed by atoms with Crippen molar-refractivity contribution >= 4 is 0 Å². The van der Waals surface area contributed by atoms with Crippen LogP contribution in [-0.4, -0.2) is 33.3 Å². The first-order chi connectivity index (χ1) is 12.2. The average Bonchev–Trinajstić information content (AvgIpc) is 2.68. The lowest BCUT2D eigenvalue weighted by Crippen LogP contribution is -2.46. The highest BCUT2D eigenvalue weighted by atomic mass is 16.5. The van der Waals surface area contributed by atoms with Gasteiger partial charge < -0.3 is 20.7 Å². The van der Waals surface area contributed by atoms with Crippen LogP contribution in [0.5, 0.6) is 5.75 Å².